The van der Waals surface area contributed by atoms with E-state index in [0.29, 0.717) is 11.3 Å². The van der Waals surface area contributed by atoms with Gasteiger partial charge in [0.1, 0.15) is 4.32 Å². The Labute approximate surface area is 158 Å². The first-order valence-electron chi connectivity index (χ1n) is 8.31. The molecular formula is C18H24N2O3S2. The second kappa shape index (κ2) is 9.20. The number of likely N-dealkylation sites (tertiary alicyclic amines) is 1. The number of carbonyl (C=O) groups excluding carboxylic acids is 2. The minimum Gasteiger partial charge on any atom is -0.465 e. The van der Waals surface area contributed by atoms with Gasteiger partial charge in [-0.25, -0.2) is 4.79 Å². The predicted octanol–water partition coefficient (Wildman–Crippen LogP) is 3.47. The van der Waals surface area contributed by atoms with Crippen molar-refractivity contribution < 1.29 is 14.3 Å². The third-order valence-corrected chi connectivity index (χ3v) is 5.82. The lowest BCUT2D eigenvalue weighted by Gasteiger charge is -2.31. The number of carbonyl (C=O) groups is 2. The van der Waals surface area contributed by atoms with Gasteiger partial charge in [0.05, 0.1) is 18.4 Å². The standard InChI is InChI=1S/C18H24N2O3S2/c1-12-6-8-20(9-7-12)18(24)25-11-16(21)19-15-10-14(17(22)23-3)5-4-13(15)2/h4-5,10,12H,6-9,11H2,1-3H3,(H,19,21). The van der Waals surface area contributed by atoms with Gasteiger partial charge in [-0.2, -0.15) is 0 Å². The number of anilines is 1. The maximum absolute atomic E-state index is 12.2. The van der Waals surface area contributed by atoms with E-state index in [2.05, 4.69) is 17.1 Å². The summed E-state index contributed by atoms with van der Waals surface area (Å²) in [4.78, 5) is 26.0. The first-order chi connectivity index (χ1) is 11.9. The van der Waals surface area contributed by atoms with Gasteiger partial charge in [-0.05, 0) is 43.4 Å². The van der Waals surface area contributed by atoms with Crippen LogP contribution in [0.3, 0.4) is 0 Å². The largest absolute Gasteiger partial charge is 0.465 e. The molecule has 0 saturated carbocycles. The number of thiocarbonyl (C=S) groups is 1. The van der Waals surface area contributed by atoms with Crippen LogP contribution in [0.1, 0.15) is 35.7 Å². The van der Waals surface area contributed by atoms with Gasteiger partial charge in [0.15, 0.2) is 0 Å². The third-order valence-electron chi connectivity index (χ3n) is 4.30. The summed E-state index contributed by atoms with van der Waals surface area (Å²) in [7, 11) is 1.33. The van der Waals surface area contributed by atoms with E-state index in [4.69, 9.17) is 17.0 Å². The number of hydrogen-bond donors (Lipinski definition) is 1. The number of piperidine rings is 1. The Hall–Kier alpha value is -1.60. The number of nitrogens with one attached hydrogen (secondary N) is 1. The van der Waals surface area contributed by atoms with Gasteiger partial charge in [0.25, 0.3) is 0 Å². The highest BCUT2D eigenvalue weighted by Crippen LogP contribution is 2.21. The number of ether oxygens (including phenoxy) is 1. The zero-order chi connectivity index (χ0) is 18.4. The smallest absolute Gasteiger partial charge is 0.337 e. The van der Waals surface area contributed by atoms with E-state index in [0.717, 1.165) is 41.7 Å². The zero-order valence-electron chi connectivity index (χ0n) is 14.8. The average molecular weight is 381 g/mol. The number of aryl methyl sites for hydroxylation is 1. The highest BCUT2D eigenvalue weighted by molar-refractivity contribution is 8.23. The van der Waals surface area contributed by atoms with Crippen LogP contribution < -0.4 is 5.32 Å². The molecular weight excluding hydrogens is 356 g/mol. The Balaban J connectivity index is 1.87. The SMILES string of the molecule is COC(=O)c1ccc(C)c(NC(=O)CSC(=S)N2CCC(C)CC2)c1. The van der Waals surface area contributed by atoms with Crippen LogP contribution in [0.2, 0.25) is 0 Å². The van der Waals surface area contributed by atoms with Crippen molar-refractivity contribution in [1.82, 2.24) is 4.90 Å². The predicted molar refractivity (Wildman–Crippen MR) is 106 cm³/mol. The number of benzene rings is 1. The van der Waals surface area contributed by atoms with Crippen molar-refractivity contribution in [2.45, 2.75) is 26.7 Å². The Morgan fingerprint density at radius 1 is 1.36 bits per heavy atom. The summed E-state index contributed by atoms with van der Waals surface area (Å²) in [5.74, 6) is 0.442. The van der Waals surface area contributed by atoms with Crippen molar-refractivity contribution in [3.05, 3.63) is 29.3 Å². The quantitative estimate of drug-likeness (QED) is 0.638. The minimum absolute atomic E-state index is 0.136. The molecule has 0 bridgehead atoms. The van der Waals surface area contributed by atoms with E-state index in [9.17, 15) is 9.59 Å². The lowest BCUT2D eigenvalue weighted by Crippen LogP contribution is -2.36. The summed E-state index contributed by atoms with van der Waals surface area (Å²) in [6, 6.07) is 5.10. The molecule has 0 aromatic heterocycles. The maximum Gasteiger partial charge on any atom is 0.337 e. The normalized spacial score (nSPS) is 14.9. The molecule has 2 rings (SSSR count). The van der Waals surface area contributed by atoms with E-state index in [1.54, 1.807) is 18.2 Å². The topological polar surface area (TPSA) is 58.6 Å². The second-order valence-corrected chi connectivity index (χ2v) is 7.90. The zero-order valence-corrected chi connectivity index (χ0v) is 16.5. The average Bonchev–Trinajstić information content (AvgIpc) is 2.61. The molecule has 0 radical (unpaired) electrons. The van der Waals surface area contributed by atoms with E-state index in [1.165, 1.54) is 18.9 Å². The van der Waals surface area contributed by atoms with Crippen molar-refractivity contribution in [3.8, 4) is 0 Å². The molecule has 1 heterocycles. The number of hydrogen-bond acceptors (Lipinski definition) is 5. The highest BCUT2D eigenvalue weighted by Gasteiger charge is 2.19. The van der Waals surface area contributed by atoms with Crippen molar-refractivity contribution in [2.75, 3.05) is 31.3 Å². The molecule has 1 aliphatic heterocycles. The first kappa shape index (κ1) is 19.7. The molecule has 5 nitrogen and oxygen atoms in total. The van der Waals surface area contributed by atoms with Crippen LogP contribution >= 0.6 is 24.0 Å². The minimum atomic E-state index is -0.426. The molecule has 1 aliphatic rings. The summed E-state index contributed by atoms with van der Waals surface area (Å²) in [6.07, 6.45) is 2.29. The fourth-order valence-corrected chi connectivity index (χ4v) is 3.65. The number of amides is 1. The number of rotatable bonds is 4. The van der Waals surface area contributed by atoms with Crippen molar-refractivity contribution in [2.24, 2.45) is 5.92 Å². The van der Waals surface area contributed by atoms with Crippen LogP contribution in [0.25, 0.3) is 0 Å². The summed E-state index contributed by atoms with van der Waals surface area (Å²) >= 11 is 6.83. The summed E-state index contributed by atoms with van der Waals surface area (Å²) < 4.78 is 5.49. The van der Waals surface area contributed by atoms with Crippen LogP contribution in [-0.2, 0) is 9.53 Å². The van der Waals surface area contributed by atoms with E-state index >= 15 is 0 Å². The molecule has 136 valence electrons. The van der Waals surface area contributed by atoms with Gasteiger partial charge in [0, 0.05) is 18.8 Å². The van der Waals surface area contributed by atoms with Gasteiger partial charge in [-0.3, -0.25) is 4.79 Å². The second-order valence-electron chi connectivity index (χ2n) is 6.29. The van der Waals surface area contributed by atoms with E-state index in [-0.39, 0.29) is 11.7 Å². The summed E-state index contributed by atoms with van der Waals surface area (Å²) in [5.41, 5.74) is 1.92. The van der Waals surface area contributed by atoms with Gasteiger partial charge >= 0.3 is 5.97 Å². The van der Waals surface area contributed by atoms with Crippen LogP contribution in [-0.4, -0.2) is 47.0 Å². The molecule has 1 aromatic carbocycles. The summed E-state index contributed by atoms with van der Waals surface area (Å²) in [5, 5.41) is 2.85. The molecule has 25 heavy (non-hydrogen) atoms. The monoisotopic (exact) mass is 380 g/mol. The number of methoxy groups -OCH3 is 1. The molecule has 1 amide bonds. The molecule has 0 atom stereocenters. The van der Waals surface area contributed by atoms with Crippen LogP contribution in [0.5, 0.6) is 0 Å². The molecule has 1 saturated heterocycles. The number of esters is 1. The third kappa shape index (κ3) is 5.71. The first-order valence-corrected chi connectivity index (χ1v) is 9.70. The molecule has 0 spiro atoms. The molecule has 0 unspecified atom stereocenters. The fraction of sp³-hybridized carbons (Fsp3) is 0.500. The van der Waals surface area contributed by atoms with E-state index in [1.807, 2.05) is 6.92 Å². The van der Waals surface area contributed by atoms with E-state index < -0.39 is 5.97 Å². The van der Waals surface area contributed by atoms with Gasteiger partial charge in [-0.1, -0.05) is 37.0 Å². The lowest BCUT2D eigenvalue weighted by atomic mass is 10.00. The molecule has 1 N–H and O–H groups in total. The van der Waals surface area contributed by atoms with Crippen molar-refractivity contribution >= 4 is 45.9 Å². The van der Waals surface area contributed by atoms with Crippen LogP contribution in [0.15, 0.2) is 18.2 Å². The fourth-order valence-electron chi connectivity index (χ4n) is 2.60. The Kier molecular flexibility index (Phi) is 7.25. The van der Waals surface area contributed by atoms with Crippen LogP contribution in [0.4, 0.5) is 5.69 Å². The molecule has 0 aliphatic carbocycles. The molecule has 1 aromatic rings. The summed E-state index contributed by atoms with van der Waals surface area (Å²) in [6.45, 7) is 6.07. The Bertz CT molecular complexity index is 656. The lowest BCUT2D eigenvalue weighted by molar-refractivity contribution is -0.113. The van der Waals surface area contributed by atoms with Gasteiger partial charge in [-0.15, -0.1) is 0 Å². The molecule has 7 heteroatoms. The Morgan fingerprint density at radius 3 is 2.68 bits per heavy atom. The van der Waals surface area contributed by atoms with Gasteiger partial charge in [0.2, 0.25) is 5.91 Å². The number of thioether (sulfide) groups is 1. The van der Waals surface area contributed by atoms with Crippen molar-refractivity contribution in [3.63, 3.8) is 0 Å². The highest BCUT2D eigenvalue weighted by atomic mass is 32.2. The number of nitrogens with zero attached hydrogens (tertiary/aromatic N) is 1. The van der Waals surface area contributed by atoms with Gasteiger partial charge < -0.3 is 15.0 Å². The Morgan fingerprint density at radius 2 is 2.04 bits per heavy atom. The maximum atomic E-state index is 12.2. The van der Waals surface area contributed by atoms with Crippen LogP contribution in [0, 0.1) is 12.8 Å². The molecule has 1 fully saturated rings. The van der Waals surface area contributed by atoms with Crippen molar-refractivity contribution in [1.29, 1.82) is 0 Å².